The van der Waals surface area contributed by atoms with Crippen molar-refractivity contribution in [1.29, 1.82) is 0 Å². The highest BCUT2D eigenvalue weighted by molar-refractivity contribution is 6.66. The SMILES string of the molecule is CCCCCCCCO[Si](C)(CCC1CCC2OC2C1)OCCCCCCCC. The van der Waals surface area contributed by atoms with Crippen molar-refractivity contribution in [2.75, 3.05) is 13.2 Å². The molecule has 0 bridgehead atoms. The fourth-order valence-corrected chi connectivity index (χ4v) is 7.20. The molecule has 2 aliphatic rings. The summed E-state index contributed by atoms with van der Waals surface area (Å²) in [4.78, 5) is 0. The molecule has 1 heterocycles. The summed E-state index contributed by atoms with van der Waals surface area (Å²) in [7, 11) is -2.03. The third kappa shape index (κ3) is 11.3. The van der Waals surface area contributed by atoms with Crippen LogP contribution >= 0.6 is 0 Å². The van der Waals surface area contributed by atoms with E-state index in [0.717, 1.165) is 19.1 Å². The maximum atomic E-state index is 6.50. The molecule has 0 aromatic heterocycles. The van der Waals surface area contributed by atoms with E-state index >= 15 is 0 Å². The van der Waals surface area contributed by atoms with Gasteiger partial charge in [0.05, 0.1) is 12.2 Å². The van der Waals surface area contributed by atoms with E-state index in [0.29, 0.717) is 12.2 Å². The van der Waals surface area contributed by atoms with Crippen LogP contribution in [0.25, 0.3) is 0 Å². The predicted octanol–water partition coefficient (Wildman–Crippen LogP) is 7.77. The van der Waals surface area contributed by atoms with E-state index in [1.54, 1.807) is 0 Å². The van der Waals surface area contributed by atoms with Gasteiger partial charge in [-0.15, -0.1) is 0 Å². The van der Waals surface area contributed by atoms with E-state index in [1.807, 2.05) is 0 Å². The van der Waals surface area contributed by atoms with E-state index in [4.69, 9.17) is 13.6 Å². The maximum absolute atomic E-state index is 6.50. The average Bonchev–Trinajstić information content (AvgIpc) is 3.50. The van der Waals surface area contributed by atoms with Crippen molar-refractivity contribution < 1.29 is 13.6 Å². The summed E-state index contributed by atoms with van der Waals surface area (Å²) in [6.45, 7) is 8.71. The summed E-state index contributed by atoms with van der Waals surface area (Å²) in [5.41, 5.74) is 0. The molecule has 3 nitrogen and oxygen atoms in total. The third-order valence-corrected chi connectivity index (χ3v) is 9.76. The summed E-state index contributed by atoms with van der Waals surface area (Å²) in [6, 6.07) is 1.17. The Morgan fingerprint density at radius 2 is 1.28 bits per heavy atom. The molecule has 1 aliphatic carbocycles. The Balaban J connectivity index is 1.64. The van der Waals surface area contributed by atoms with E-state index in [-0.39, 0.29) is 0 Å². The van der Waals surface area contributed by atoms with Crippen LogP contribution in [-0.2, 0) is 13.6 Å². The maximum Gasteiger partial charge on any atom is 0.334 e. The van der Waals surface area contributed by atoms with Crippen molar-refractivity contribution >= 4 is 8.56 Å². The molecular weight excluding hydrogens is 376 g/mol. The van der Waals surface area contributed by atoms with E-state index in [1.165, 1.54) is 109 Å². The zero-order valence-corrected chi connectivity index (χ0v) is 20.9. The minimum absolute atomic E-state index is 0.592. The molecule has 0 spiro atoms. The second-order valence-electron chi connectivity index (χ2n) is 9.80. The molecule has 0 aromatic carbocycles. The highest BCUT2D eigenvalue weighted by Crippen LogP contribution is 2.41. The minimum atomic E-state index is -2.03. The van der Waals surface area contributed by atoms with Gasteiger partial charge in [-0.1, -0.05) is 78.1 Å². The normalized spacial score (nSPS) is 23.9. The van der Waals surface area contributed by atoms with Gasteiger partial charge in [-0.2, -0.15) is 0 Å². The molecule has 0 N–H and O–H groups in total. The van der Waals surface area contributed by atoms with Crippen molar-refractivity contribution in [3.8, 4) is 0 Å². The Morgan fingerprint density at radius 1 is 0.724 bits per heavy atom. The quantitative estimate of drug-likeness (QED) is 0.120. The Labute approximate surface area is 182 Å². The Morgan fingerprint density at radius 3 is 1.83 bits per heavy atom. The first-order valence-corrected chi connectivity index (χ1v) is 15.6. The standard InChI is InChI=1S/C25H50O3Si/c1-4-6-8-10-12-14-19-26-29(3,27-20-15-13-11-9-7-5-2)21-18-23-16-17-24-25(22-23)28-24/h23-25H,4-22H2,1-3H3. The summed E-state index contributed by atoms with van der Waals surface area (Å²) in [5.74, 6) is 0.834. The number of hydrogen-bond acceptors (Lipinski definition) is 3. The van der Waals surface area contributed by atoms with Crippen LogP contribution in [0.2, 0.25) is 12.6 Å². The Hall–Kier alpha value is 0.0969. The third-order valence-electron chi connectivity index (χ3n) is 6.93. The summed E-state index contributed by atoms with van der Waals surface area (Å²) in [5, 5.41) is 0. The smallest absolute Gasteiger partial charge is 0.334 e. The molecule has 2 fully saturated rings. The first kappa shape index (κ1) is 25.4. The van der Waals surface area contributed by atoms with Gasteiger partial charge in [-0.25, -0.2) is 0 Å². The molecule has 0 amide bonds. The highest BCUT2D eigenvalue weighted by Gasteiger charge is 2.44. The molecule has 0 aromatic rings. The van der Waals surface area contributed by atoms with Gasteiger partial charge in [-0.05, 0) is 57.0 Å². The molecule has 3 unspecified atom stereocenters. The molecule has 172 valence electrons. The van der Waals surface area contributed by atoms with Crippen LogP contribution in [0.3, 0.4) is 0 Å². The Bertz CT molecular complexity index is 386. The molecule has 3 atom stereocenters. The van der Waals surface area contributed by atoms with Crippen molar-refractivity contribution in [2.24, 2.45) is 5.92 Å². The van der Waals surface area contributed by atoms with Gasteiger partial charge in [0.1, 0.15) is 0 Å². The van der Waals surface area contributed by atoms with Crippen LogP contribution in [0, 0.1) is 5.92 Å². The van der Waals surface area contributed by atoms with Gasteiger partial charge >= 0.3 is 8.56 Å². The number of hydrogen-bond donors (Lipinski definition) is 0. The average molecular weight is 427 g/mol. The van der Waals surface area contributed by atoms with Gasteiger partial charge < -0.3 is 13.6 Å². The lowest BCUT2D eigenvalue weighted by Gasteiger charge is -2.29. The van der Waals surface area contributed by atoms with Crippen LogP contribution < -0.4 is 0 Å². The number of epoxide rings is 1. The van der Waals surface area contributed by atoms with Gasteiger partial charge in [0, 0.05) is 13.2 Å². The molecular formula is C25H50O3Si. The monoisotopic (exact) mass is 426 g/mol. The minimum Gasteiger partial charge on any atom is -0.394 e. The van der Waals surface area contributed by atoms with Gasteiger partial charge in [0.15, 0.2) is 0 Å². The number of ether oxygens (including phenoxy) is 1. The Kier molecular flexibility index (Phi) is 13.1. The first-order chi connectivity index (χ1) is 14.2. The lowest BCUT2D eigenvalue weighted by molar-refractivity contribution is 0.163. The van der Waals surface area contributed by atoms with Crippen LogP contribution in [0.4, 0.5) is 0 Å². The van der Waals surface area contributed by atoms with Crippen LogP contribution in [0.5, 0.6) is 0 Å². The summed E-state index contributed by atoms with van der Waals surface area (Å²) in [6.07, 6.45) is 22.3. The van der Waals surface area contributed by atoms with Crippen molar-refractivity contribution in [3.05, 3.63) is 0 Å². The van der Waals surface area contributed by atoms with Gasteiger partial charge in [-0.3, -0.25) is 0 Å². The van der Waals surface area contributed by atoms with Crippen LogP contribution in [0.1, 0.15) is 117 Å². The molecule has 1 saturated heterocycles. The summed E-state index contributed by atoms with van der Waals surface area (Å²) < 4.78 is 18.7. The molecule has 1 aliphatic heterocycles. The van der Waals surface area contributed by atoms with Crippen molar-refractivity contribution in [1.82, 2.24) is 0 Å². The number of fused-ring (bicyclic) bond motifs is 1. The fourth-order valence-electron chi connectivity index (χ4n) is 4.74. The molecule has 2 rings (SSSR count). The van der Waals surface area contributed by atoms with E-state index in [9.17, 15) is 0 Å². The van der Waals surface area contributed by atoms with Crippen molar-refractivity contribution in [2.45, 2.75) is 141 Å². The fraction of sp³-hybridized carbons (Fsp3) is 1.00. The van der Waals surface area contributed by atoms with Crippen LogP contribution in [0.15, 0.2) is 0 Å². The highest BCUT2D eigenvalue weighted by atomic mass is 28.4. The molecule has 0 radical (unpaired) electrons. The lowest BCUT2D eigenvalue weighted by Crippen LogP contribution is -2.40. The topological polar surface area (TPSA) is 31.0 Å². The second kappa shape index (κ2) is 15.0. The number of rotatable bonds is 19. The molecule has 29 heavy (non-hydrogen) atoms. The molecule has 1 saturated carbocycles. The first-order valence-electron chi connectivity index (χ1n) is 13.1. The van der Waals surface area contributed by atoms with Crippen LogP contribution in [-0.4, -0.2) is 34.0 Å². The second-order valence-corrected chi connectivity index (χ2v) is 13.1. The zero-order valence-electron chi connectivity index (χ0n) is 19.9. The zero-order chi connectivity index (χ0) is 20.8. The van der Waals surface area contributed by atoms with Gasteiger partial charge in [0.25, 0.3) is 0 Å². The van der Waals surface area contributed by atoms with E-state index in [2.05, 4.69) is 20.4 Å². The van der Waals surface area contributed by atoms with E-state index < -0.39 is 8.56 Å². The number of unbranched alkanes of at least 4 members (excludes halogenated alkanes) is 10. The van der Waals surface area contributed by atoms with Crippen molar-refractivity contribution in [3.63, 3.8) is 0 Å². The van der Waals surface area contributed by atoms with Gasteiger partial charge in [0.2, 0.25) is 0 Å². The largest absolute Gasteiger partial charge is 0.394 e. The lowest BCUT2D eigenvalue weighted by atomic mass is 9.88. The summed E-state index contributed by atoms with van der Waals surface area (Å²) >= 11 is 0. The predicted molar refractivity (Wildman–Crippen MR) is 126 cm³/mol. The molecule has 4 heteroatoms.